The topological polar surface area (TPSA) is 65.3 Å². The molecule has 0 aliphatic carbocycles. The molecule has 0 saturated carbocycles. The Morgan fingerprint density at radius 3 is 2.80 bits per heavy atom. The van der Waals surface area contributed by atoms with Crippen LogP contribution in [0, 0.1) is 0 Å². The molecule has 30 heavy (non-hydrogen) atoms. The molecule has 0 unspecified atom stereocenters. The first-order valence-electron chi connectivity index (χ1n) is 9.51. The van der Waals surface area contributed by atoms with Crippen molar-refractivity contribution in [2.24, 2.45) is 7.05 Å². The highest BCUT2D eigenvalue weighted by Crippen LogP contribution is 2.33. The molecule has 0 atom stereocenters. The van der Waals surface area contributed by atoms with E-state index in [1.807, 2.05) is 30.6 Å². The third-order valence-electron chi connectivity index (χ3n) is 4.79. The van der Waals surface area contributed by atoms with Crippen LogP contribution < -0.4 is 14.4 Å². The Bertz CT molecular complexity index is 1150. The number of aromatic nitrogens is 4. The van der Waals surface area contributed by atoms with Gasteiger partial charge in [0.2, 0.25) is 0 Å². The van der Waals surface area contributed by atoms with E-state index in [4.69, 9.17) is 9.47 Å². The minimum absolute atomic E-state index is 0.530. The van der Waals surface area contributed by atoms with Crippen LogP contribution in [0.3, 0.4) is 0 Å². The number of rotatable bonds is 8. The summed E-state index contributed by atoms with van der Waals surface area (Å²) in [6.07, 6.45) is 1.58. The van der Waals surface area contributed by atoms with Crippen molar-refractivity contribution in [2.45, 2.75) is 20.1 Å². The molecule has 3 aromatic heterocycles. The zero-order chi connectivity index (χ0) is 21.1. The lowest BCUT2D eigenvalue weighted by atomic mass is 10.1. The Balaban J connectivity index is 1.58. The molecule has 0 amide bonds. The van der Waals surface area contributed by atoms with Gasteiger partial charge in [-0.25, -0.2) is 14.6 Å². The zero-order valence-electron chi connectivity index (χ0n) is 17.0. The predicted octanol–water partition coefficient (Wildman–Crippen LogP) is 4.80. The van der Waals surface area contributed by atoms with Crippen LogP contribution >= 0.6 is 27.3 Å². The van der Waals surface area contributed by atoms with Gasteiger partial charge in [0, 0.05) is 25.0 Å². The fraction of sp³-hybridized carbons (Fsp3) is 0.286. The molecule has 0 fully saturated rings. The number of nitrogens with zero attached hydrogens (tertiary/aromatic N) is 5. The van der Waals surface area contributed by atoms with Gasteiger partial charge in [0.05, 0.1) is 12.5 Å². The van der Waals surface area contributed by atoms with Gasteiger partial charge >= 0.3 is 0 Å². The molecule has 0 saturated heterocycles. The highest BCUT2D eigenvalue weighted by molar-refractivity contribution is 9.10. The van der Waals surface area contributed by atoms with Gasteiger partial charge < -0.3 is 14.4 Å². The molecule has 3 heterocycles. The van der Waals surface area contributed by atoms with Crippen LogP contribution in [-0.2, 0) is 20.2 Å². The van der Waals surface area contributed by atoms with Crippen molar-refractivity contribution in [3.05, 3.63) is 57.1 Å². The number of thiophene rings is 1. The first kappa shape index (κ1) is 20.6. The number of hydrogen-bond donors (Lipinski definition) is 0. The maximum absolute atomic E-state index is 5.95. The molecule has 4 aromatic rings. The summed E-state index contributed by atoms with van der Waals surface area (Å²) in [6, 6.07) is 10.1. The predicted molar refractivity (Wildman–Crippen MR) is 122 cm³/mol. The van der Waals surface area contributed by atoms with Crippen LogP contribution in [0.2, 0.25) is 0 Å². The number of ether oxygens (including phenoxy) is 2. The normalized spacial score (nSPS) is 11.1. The first-order valence-corrected chi connectivity index (χ1v) is 11.2. The Morgan fingerprint density at radius 1 is 1.20 bits per heavy atom. The quantitative estimate of drug-likeness (QED) is 0.355. The number of hydrogen-bond acceptors (Lipinski definition) is 7. The van der Waals surface area contributed by atoms with E-state index in [2.05, 4.69) is 55.0 Å². The summed E-state index contributed by atoms with van der Waals surface area (Å²) in [5.41, 5.74) is 1.89. The average Bonchev–Trinajstić information content (AvgIpc) is 3.39. The average molecular weight is 488 g/mol. The third kappa shape index (κ3) is 4.13. The van der Waals surface area contributed by atoms with Crippen LogP contribution in [0.5, 0.6) is 11.5 Å². The Kier molecular flexibility index (Phi) is 6.19. The Labute approximate surface area is 187 Å². The molecule has 0 spiro atoms. The van der Waals surface area contributed by atoms with Crippen LogP contribution in [-0.4, -0.2) is 33.4 Å². The summed E-state index contributed by atoms with van der Waals surface area (Å²) in [5, 5.41) is 7.38. The molecule has 0 aliphatic rings. The molecule has 156 valence electrons. The monoisotopic (exact) mass is 487 g/mol. The second-order valence-electron chi connectivity index (χ2n) is 6.68. The van der Waals surface area contributed by atoms with Crippen molar-refractivity contribution >= 4 is 44.1 Å². The van der Waals surface area contributed by atoms with Gasteiger partial charge in [0.1, 0.15) is 23.4 Å². The molecular weight excluding hydrogens is 466 g/mol. The molecule has 9 heteroatoms. The standard InChI is InChI=1S/C21H22BrN5O2S/c1-4-27(21-18-19(22)25-26(2)20(18)23-13-24-21)11-14-7-8-16(17(10-14)28-3)29-12-15-6-5-9-30-15/h5-10,13H,4,11-12H2,1-3H3. The van der Waals surface area contributed by atoms with Gasteiger partial charge in [-0.05, 0) is 52.0 Å². The van der Waals surface area contributed by atoms with E-state index in [0.717, 1.165) is 45.1 Å². The van der Waals surface area contributed by atoms with Gasteiger partial charge in [-0.1, -0.05) is 12.1 Å². The van der Waals surface area contributed by atoms with Crippen molar-refractivity contribution in [1.82, 2.24) is 19.7 Å². The third-order valence-corrected chi connectivity index (χ3v) is 6.20. The highest BCUT2D eigenvalue weighted by Gasteiger charge is 2.18. The molecular formula is C21H22BrN5O2S. The summed E-state index contributed by atoms with van der Waals surface area (Å²) < 4.78 is 14.0. The number of benzene rings is 1. The zero-order valence-corrected chi connectivity index (χ0v) is 19.4. The maximum Gasteiger partial charge on any atom is 0.164 e. The lowest BCUT2D eigenvalue weighted by Gasteiger charge is -2.23. The second kappa shape index (κ2) is 9.01. The highest BCUT2D eigenvalue weighted by atomic mass is 79.9. The van der Waals surface area contributed by atoms with E-state index in [1.54, 1.807) is 29.5 Å². The maximum atomic E-state index is 5.95. The van der Waals surface area contributed by atoms with Gasteiger partial charge in [0.25, 0.3) is 0 Å². The first-order chi connectivity index (χ1) is 14.6. The lowest BCUT2D eigenvalue weighted by molar-refractivity contribution is 0.287. The number of fused-ring (bicyclic) bond motifs is 1. The summed E-state index contributed by atoms with van der Waals surface area (Å²) in [6.45, 7) is 4.09. The van der Waals surface area contributed by atoms with Crippen LogP contribution in [0.4, 0.5) is 5.82 Å². The van der Waals surface area contributed by atoms with Crippen molar-refractivity contribution in [3.8, 4) is 11.5 Å². The number of anilines is 1. The van der Waals surface area contributed by atoms with Gasteiger partial charge in [-0.15, -0.1) is 11.3 Å². The summed E-state index contributed by atoms with van der Waals surface area (Å²) in [5.74, 6) is 2.30. The van der Waals surface area contributed by atoms with E-state index >= 15 is 0 Å². The van der Waals surface area contributed by atoms with E-state index in [1.165, 1.54) is 4.88 Å². The smallest absolute Gasteiger partial charge is 0.164 e. The molecule has 0 aliphatic heterocycles. The lowest BCUT2D eigenvalue weighted by Crippen LogP contribution is -2.23. The van der Waals surface area contributed by atoms with Crippen molar-refractivity contribution in [3.63, 3.8) is 0 Å². The number of methoxy groups -OCH3 is 1. The minimum atomic E-state index is 0.530. The summed E-state index contributed by atoms with van der Waals surface area (Å²) in [4.78, 5) is 12.3. The van der Waals surface area contributed by atoms with Crippen LogP contribution in [0.25, 0.3) is 11.0 Å². The van der Waals surface area contributed by atoms with E-state index in [9.17, 15) is 0 Å². The number of aryl methyl sites for hydroxylation is 1. The SMILES string of the molecule is CCN(Cc1ccc(OCc2cccs2)c(OC)c1)c1ncnc2c1c(Br)nn2C. The Morgan fingerprint density at radius 2 is 2.07 bits per heavy atom. The minimum Gasteiger partial charge on any atom is -0.493 e. The molecule has 0 radical (unpaired) electrons. The van der Waals surface area contributed by atoms with Crippen molar-refractivity contribution in [1.29, 1.82) is 0 Å². The van der Waals surface area contributed by atoms with Gasteiger partial charge in [-0.2, -0.15) is 5.10 Å². The largest absolute Gasteiger partial charge is 0.493 e. The molecule has 4 rings (SSSR count). The van der Waals surface area contributed by atoms with Crippen molar-refractivity contribution < 1.29 is 9.47 Å². The number of halogens is 1. The fourth-order valence-electron chi connectivity index (χ4n) is 3.30. The second-order valence-corrected chi connectivity index (χ2v) is 8.46. The Hall–Kier alpha value is -2.65. The van der Waals surface area contributed by atoms with Gasteiger partial charge in [-0.3, -0.25) is 0 Å². The van der Waals surface area contributed by atoms with E-state index in [0.29, 0.717) is 13.2 Å². The van der Waals surface area contributed by atoms with Crippen LogP contribution in [0.1, 0.15) is 17.4 Å². The molecule has 0 N–H and O–H groups in total. The summed E-state index contributed by atoms with van der Waals surface area (Å²) in [7, 11) is 3.54. The van der Waals surface area contributed by atoms with E-state index < -0.39 is 0 Å². The van der Waals surface area contributed by atoms with Crippen LogP contribution in [0.15, 0.2) is 46.6 Å². The molecule has 0 bridgehead atoms. The van der Waals surface area contributed by atoms with Gasteiger partial charge in [0.15, 0.2) is 17.1 Å². The molecule has 7 nitrogen and oxygen atoms in total. The van der Waals surface area contributed by atoms with Crippen molar-refractivity contribution in [2.75, 3.05) is 18.6 Å². The fourth-order valence-corrected chi connectivity index (χ4v) is 4.50. The van der Waals surface area contributed by atoms with E-state index in [-0.39, 0.29) is 0 Å². The molecule has 1 aromatic carbocycles. The summed E-state index contributed by atoms with van der Waals surface area (Å²) >= 11 is 5.22.